The maximum absolute atomic E-state index is 11.9. The molecule has 2 amide bonds. The summed E-state index contributed by atoms with van der Waals surface area (Å²) in [5.41, 5.74) is 6.97. The molecular weight excluding hydrogens is 310 g/mol. The number of fused-ring (bicyclic) bond motifs is 1. The van der Waals surface area contributed by atoms with Gasteiger partial charge in [0.2, 0.25) is 0 Å². The average molecular weight is 333 g/mol. The van der Waals surface area contributed by atoms with Crippen LogP contribution in [0.1, 0.15) is 36.8 Å². The first-order valence-electron chi connectivity index (χ1n) is 9.07. The molecule has 2 unspecified atom stereocenters. The maximum Gasteiger partial charge on any atom is 0.339 e. The highest BCUT2D eigenvalue weighted by molar-refractivity contribution is 6.10. The van der Waals surface area contributed by atoms with Crippen molar-refractivity contribution in [3.63, 3.8) is 0 Å². The standard InChI is InChI=1S/C21H23N3O/c25-21-22-19-12-5-4-11-18(19)20(23-24-21)17-10-6-9-16(14-17)13-15-7-2-1-3-8-15/h1-5,7-8,11-12,16-17H,6,9-10,13-14H2,(H2,22,24,25). The number of carbonyl (C=O) groups excluding carboxylic acids is 1. The van der Waals surface area contributed by atoms with Crippen LogP contribution in [0, 0.1) is 11.8 Å². The molecule has 4 nitrogen and oxygen atoms in total. The third-order valence-corrected chi connectivity index (χ3v) is 5.27. The monoisotopic (exact) mass is 333 g/mol. The molecular formula is C21H23N3O. The van der Waals surface area contributed by atoms with Crippen LogP contribution < -0.4 is 10.7 Å². The minimum atomic E-state index is -0.265. The zero-order valence-electron chi connectivity index (χ0n) is 14.2. The Morgan fingerprint density at radius 3 is 2.68 bits per heavy atom. The smallest absolute Gasteiger partial charge is 0.306 e. The molecule has 1 fully saturated rings. The van der Waals surface area contributed by atoms with Crippen molar-refractivity contribution in [1.82, 2.24) is 5.43 Å². The lowest BCUT2D eigenvalue weighted by Gasteiger charge is -2.30. The average Bonchev–Trinajstić information content (AvgIpc) is 2.81. The van der Waals surface area contributed by atoms with Crippen molar-refractivity contribution < 1.29 is 4.79 Å². The van der Waals surface area contributed by atoms with Crippen molar-refractivity contribution in [2.75, 3.05) is 5.32 Å². The molecule has 0 spiro atoms. The second-order valence-electron chi connectivity index (χ2n) is 7.03. The normalized spacial score (nSPS) is 22.9. The number of rotatable bonds is 3. The van der Waals surface area contributed by atoms with E-state index in [1.165, 1.54) is 18.4 Å². The van der Waals surface area contributed by atoms with Gasteiger partial charge in [0.15, 0.2) is 0 Å². The van der Waals surface area contributed by atoms with Crippen molar-refractivity contribution >= 4 is 17.4 Å². The molecule has 1 aliphatic carbocycles. The maximum atomic E-state index is 11.9. The van der Waals surface area contributed by atoms with Gasteiger partial charge in [-0.15, -0.1) is 0 Å². The van der Waals surface area contributed by atoms with Crippen LogP contribution in [0.15, 0.2) is 59.7 Å². The van der Waals surface area contributed by atoms with Crippen LogP contribution in [0.2, 0.25) is 0 Å². The summed E-state index contributed by atoms with van der Waals surface area (Å²) in [5.74, 6) is 1.06. The van der Waals surface area contributed by atoms with Gasteiger partial charge < -0.3 is 5.32 Å². The van der Waals surface area contributed by atoms with Crippen molar-refractivity contribution in [2.45, 2.75) is 32.1 Å². The number of hydrazone groups is 1. The summed E-state index contributed by atoms with van der Waals surface area (Å²) in [4.78, 5) is 11.9. The number of anilines is 1. The van der Waals surface area contributed by atoms with Crippen LogP contribution >= 0.6 is 0 Å². The minimum Gasteiger partial charge on any atom is -0.306 e. The summed E-state index contributed by atoms with van der Waals surface area (Å²) < 4.78 is 0. The van der Waals surface area contributed by atoms with E-state index >= 15 is 0 Å². The summed E-state index contributed by atoms with van der Waals surface area (Å²) in [6.45, 7) is 0. The number of carbonyl (C=O) groups is 1. The van der Waals surface area contributed by atoms with Crippen molar-refractivity contribution in [3.8, 4) is 0 Å². The second-order valence-corrected chi connectivity index (χ2v) is 7.03. The first kappa shape index (κ1) is 15.9. The predicted molar refractivity (Wildman–Crippen MR) is 101 cm³/mol. The summed E-state index contributed by atoms with van der Waals surface area (Å²) in [6.07, 6.45) is 5.86. The van der Waals surface area contributed by atoms with Crippen LogP contribution in [0.25, 0.3) is 0 Å². The predicted octanol–water partition coefficient (Wildman–Crippen LogP) is 4.57. The number of amides is 2. The van der Waals surface area contributed by atoms with Gasteiger partial charge in [0.1, 0.15) is 0 Å². The lowest BCUT2D eigenvalue weighted by molar-refractivity contribution is 0.252. The Bertz CT molecular complexity index is 785. The quantitative estimate of drug-likeness (QED) is 0.849. The van der Waals surface area contributed by atoms with E-state index < -0.39 is 0 Å². The van der Waals surface area contributed by atoms with Gasteiger partial charge in [-0.1, -0.05) is 61.4 Å². The number of hydrogen-bond donors (Lipinski definition) is 2. The molecule has 0 radical (unpaired) electrons. The molecule has 1 heterocycles. The highest BCUT2D eigenvalue weighted by Gasteiger charge is 2.29. The van der Waals surface area contributed by atoms with E-state index in [-0.39, 0.29) is 6.03 Å². The Labute approximate surface area is 148 Å². The lowest BCUT2D eigenvalue weighted by atomic mass is 9.75. The SMILES string of the molecule is O=C1NN=C(C2CCCC(Cc3ccccc3)C2)c2ccccc2N1. The molecule has 0 aromatic heterocycles. The number of urea groups is 1. The van der Waals surface area contributed by atoms with E-state index in [2.05, 4.69) is 52.2 Å². The van der Waals surface area contributed by atoms with Gasteiger partial charge in [-0.3, -0.25) is 0 Å². The lowest BCUT2D eigenvalue weighted by Crippen LogP contribution is -2.26. The zero-order valence-corrected chi connectivity index (χ0v) is 14.2. The number of nitrogens with one attached hydrogen (secondary N) is 2. The number of nitrogens with zero attached hydrogens (tertiary/aromatic N) is 1. The molecule has 4 rings (SSSR count). The fourth-order valence-corrected chi connectivity index (χ4v) is 4.12. The molecule has 2 aromatic carbocycles. The van der Waals surface area contributed by atoms with Crippen LogP contribution in [0.4, 0.5) is 10.5 Å². The van der Waals surface area contributed by atoms with Crippen molar-refractivity contribution in [1.29, 1.82) is 0 Å². The Morgan fingerprint density at radius 2 is 1.80 bits per heavy atom. The van der Waals surface area contributed by atoms with Crippen LogP contribution in [0.5, 0.6) is 0 Å². The highest BCUT2D eigenvalue weighted by Crippen LogP contribution is 2.35. The molecule has 0 saturated heterocycles. The zero-order chi connectivity index (χ0) is 17.1. The molecule has 4 heteroatoms. The van der Waals surface area contributed by atoms with Gasteiger partial charge in [-0.25, -0.2) is 10.2 Å². The van der Waals surface area contributed by atoms with Crippen LogP contribution in [-0.2, 0) is 6.42 Å². The largest absolute Gasteiger partial charge is 0.339 e. The van der Waals surface area contributed by atoms with E-state index in [1.807, 2.05) is 18.2 Å². The molecule has 0 bridgehead atoms. The number of para-hydroxylation sites is 1. The third kappa shape index (κ3) is 3.58. The molecule has 2 aromatic rings. The van der Waals surface area contributed by atoms with Crippen LogP contribution in [0.3, 0.4) is 0 Å². The van der Waals surface area contributed by atoms with Crippen molar-refractivity contribution in [2.24, 2.45) is 16.9 Å². The molecule has 1 saturated carbocycles. The Kier molecular flexibility index (Phi) is 4.51. The van der Waals surface area contributed by atoms with Gasteiger partial charge >= 0.3 is 6.03 Å². The van der Waals surface area contributed by atoms with E-state index in [0.29, 0.717) is 11.8 Å². The van der Waals surface area contributed by atoms with Gasteiger partial charge in [0.05, 0.1) is 11.4 Å². The van der Waals surface area contributed by atoms with Gasteiger partial charge in [-0.2, -0.15) is 5.10 Å². The summed E-state index contributed by atoms with van der Waals surface area (Å²) in [6, 6.07) is 18.4. The first-order valence-corrected chi connectivity index (χ1v) is 9.07. The number of hydrogen-bond acceptors (Lipinski definition) is 2. The molecule has 2 aliphatic rings. The van der Waals surface area contributed by atoms with Crippen LogP contribution in [-0.4, -0.2) is 11.7 Å². The fourth-order valence-electron chi connectivity index (χ4n) is 4.12. The van der Waals surface area contributed by atoms with Gasteiger partial charge in [-0.05, 0) is 36.8 Å². The molecule has 2 N–H and O–H groups in total. The first-order chi connectivity index (χ1) is 12.3. The van der Waals surface area contributed by atoms with Crippen molar-refractivity contribution in [3.05, 3.63) is 65.7 Å². The summed E-state index contributed by atoms with van der Waals surface area (Å²) in [5, 5.41) is 7.34. The fraction of sp³-hybridized carbons (Fsp3) is 0.333. The molecule has 2 atom stereocenters. The molecule has 128 valence electrons. The summed E-state index contributed by atoms with van der Waals surface area (Å²) >= 11 is 0. The van der Waals surface area contributed by atoms with Gasteiger partial charge in [0.25, 0.3) is 0 Å². The van der Waals surface area contributed by atoms with E-state index in [9.17, 15) is 4.79 Å². The third-order valence-electron chi connectivity index (χ3n) is 5.27. The topological polar surface area (TPSA) is 53.5 Å². The van der Waals surface area contributed by atoms with E-state index in [1.54, 1.807) is 0 Å². The highest BCUT2D eigenvalue weighted by atomic mass is 16.2. The Balaban J connectivity index is 1.55. The summed E-state index contributed by atoms with van der Waals surface area (Å²) in [7, 11) is 0. The van der Waals surface area contributed by atoms with E-state index in [4.69, 9.17) is 0 Å². The number of benzene rings is 2. The Hall–Kier alpha value is -2.62. The van der Waals surface area contributed by atoms with Gasteiger partial charge in [0, 0.05) is 11.5 Å². The minimum absolute atomic E-state index is 0.265. The van der Waals surface area contributed by atoms with E-state index in [0.717, 1.165) is 36.2 Å². The molecule has 1 aliphatic heterocycles. The Morgan fingerprint density at radius 1 is 1.00 bits per heavy atom. The second kappa shape index (κ2) is 7.09. The molecule has 25 heavy (non-hydrogen) atoms.